The molecule has 1 aromatic carbocycles. The summed E-state index contributed by atoms with van der Waals surface area (Å²) in [5.41, 5.74) is -0.386. The quantitative estimate of drug-likeness (QED) is 0.823. The Morgan fingerprint density at radius 1 is 1.45 bits per heavy atom. The van der Waals surface area contributed by atoms with E-state index in [0.29, 0.717) is 11.2 Å². The van der Waals surface area contributed by atoms with Crippen molar-refractivity contribution in [3.8, 4) is 0 Å². The fourth-order valence-electron chi connectivity index (χ4n) is 1.95. The summed E-state index contributed by atoms with van der Waals surface area (Å²) in [6.45, 7) is 0. The molecule has 2 aromatic rings. The molecule has 1 aromatic heterocycles. The molecule has 1 aliphatic rings. The lowest BCUT2D eigenvalue weighted by Crippen LogP contribution is -2.18. The van der Waals surface area contributed by atoms with Gasteiger partial charge in [0.1, 0.15) is 11.6 Å². The number of hydrogen-bond donors (Lipinski definition) is 2. The van der Waals surface area contributed by atoms with Crippen LogP contribution in [0, 0.1) is 11.6 Å². The molecule has 22 heavy (non-hydrogen) atoms. The van der Waals surface area contributed by atoms with Gasteiger partial charge in [0.05, 0.1) is 11.4 Å². The van der Waals surface area contributed by atoms with Crippen molar-refractivity contribution in [1.82, 2.24) is 14.8 Å². The second-order valence-corrected chi connectivity index (χ2v) is 5.82. The summed E-state index contributed by atoms with van der Waals surface area (Å²) in [6.07, 6.45) is 1.83. The molecule has 9 heteroatoms. The van der Waals surface area contributed by atoms with E-state index in [4.69, 9.17) is 0 Å². The van der Waals surface area contributed by atoms with E-state index < -0.39 is 17.5 Å². The van der Waals surface area contributed by atoms with Crippen molar-refractivity contribution in [2.24, 2.45) is 0 Å². The minimum absolute atomic E-state index is 0.0339. The van der Waals surface area contributed by atoms with E-state index in [1.54, 1.807) is 0 Å². The van der Waals surface area contributed by atoms with Crippen molar-refractivity contribution in [2.75, 3.05) is 11.1 Å². The first kappa shape index (κ1) is 14.8. The Balaban J connectivity index is 1.62. The van der Waals surface area contributed by atoms with Crippen molar-refractivity contribution in [1.29, 1.82) is 0 Å². The Morgan fingerprint density at radius 2 is 2.23 bits per heavy atom. The maximum Gasteiger partial charge on any atom is 0.344 e. The molecule has 0 atom stereocenters. The first-order chi connectivity index (χ1) is 10.5. The van der Waals surface area contributed by atoms with Crippen molar-refractivity contribution in [3.63, 3.8) is 0 Å². The molecule has 1 saturated carbocycles. The zero-order valence-corrected chi connectivity index (χ0v) is 12.1. The molecule has 1 aliphatic carbocycles. The van der Waals surface area contributed by atoms with Gasteiger partial charge in [-0.25, -0.2) is 18.7 Å². The summed E-state index contributed by atoms with van der Waals surface area (Å²) in [5.74, 6) is -2.05. The largest absolute Gasteiger partial charge is 0.344 e. The second-order valence-electron chi connectivity index (χ2n) is 4.87. The summed E-state index contributed by atoms with van der Waals surface area (Å²) in [5, 5.41) is 9.01. The van der Waals surface area contributed by atoms with Crippen LogP contribution in [0.25, 0.3) is 0 Å². The van der Waals surface area contributed by atoms with Crippen molar-refractivity contribution >= 4 is 23.4 Å². The summed E-state index contributed by atoms with van der Waals surface area (Å²) in [7, 11) is 0. The predicted octanol–water partition coefficient (Wildman–Crippen LogP) is 1.92. The smallest absolute Gasteiger partial charge is 0.323 e. The number of anilines is 1. The summed E-state index contributed by atoms with van der Waals surface area (Å²) in [6, 6.07) is 3.05. The number of amides is 1. The van der Waals surface area contributed by atoms with Gasteiger partial charge in [-0.2, -0.15) is 0 Å². The average Bonchev–Trinajstić information content (AvgIpc) is 3.23. The van der Waals surface area contributed by atoms with Crippen LogP contribution in [-0.2, 0) is 4.79 Å². The van der Waals surface area contributed by atoms with E-state index >= 15 is 0 Å². The first-order valence-electron chi connectivity index (χ1n) is 6.59. The Bertz CT molecular complexity index is 770. The van der Waals surface area contributed by atoms with E-state index in [1.165, 1.54) is 4.57 Å². The van der Waals surface area contributed by atoms with Crippen LogP contribution in [0.5, 0.6) is 0 Å². The highest BCUT2D eigenvalue weighted by molar-refractivity contribution is 7.99. The van der Waals surface area contributed by atoms with Gasteiger partial charge >= 0.3 is 5.69 Å². The van der Waals surface area contributed by atoms with Gasteiger partial charge in [-0.15, -0.1) is 5.10 Å². The number of carbonyl (C=O) groups excluding carboxylic acids is 1. The molecule has 1 heterocycles. The molecule has 2 N–H and O–H groups in total. The van der Waals surface area contributed by atoms with E-state index in [2.05, 4.69) is 15.5 Å². The first-order valence-corrected chi connectivity index (χ1v) is 7.58. The normalized spacial score (nSPS) is 14.1. The van der Waals surface area contributed by atoms with Crippen molar-refractivity contribution < 1.29 is 13.6 Å². The molecule has 0 spiro atoms. The molecule has 1 amide bonds. The number of aromatic amines is 1. The van der Waals surface area contributed by atoms with Gasteiger partial charge in [0.15, 0.2) is 5.16 Å². The lowest BCUT2D eigenvalue weighted by molar-refractivity contribution is -0.113. The number of benzene rings is 1. The molecular weight excluding hydrogens is 314 g/mol. The van der Waals surface area contributed by atoms with Crippen LogP contribution >= 0.6 is 11.8 Å². The monoisotopic (exact) mass is 326 g/mol. The van der Waals surface area contributed by atoms with E-state index in [1.807, 2.05) is 0 Å². The fraction of sp³-hybridized carbons (Fsp3) is 0.308. The molecule has 0 unspecified atom stereocenters. The number of aromatic nitrogens is 3. The Kier molecular flexibility index (Phi) is 3.97. The van der Waals surface area contributed by atoms with E-state index in [9.17, 15) is 18.4 Å². The number of nitrogens with zero attached hydrogens (tertiary/aromatic N) is 2. The van der Waals surface area contributed by atoms with Gasteiger partial charge < -0.3 is 5.32 Å². The highest BCUT2D eigenvalue weighted by atomic mass is 32.2. The van der Waals surface area contributed by atoms with Crippen LogP contribution < -0.4 is 11.0 Å². The Labute approximate surface area is 127 Å². The fourth-order valence-corrected chi connectivity index (χ4v) is 2.77. The molecule has 1 fully saturated rings. The van der Waals surface area contributed by atoms with Crippen LogP contribution in [0.1, 0.15) is 18.9 Å². The van der Waals surface area contributed by atoms with Crippen molar-refractivity contribution in [3.05, 3.63) is 40.3 Å². The number of hydrogen-bond acceptors (Lipinski definition) is 4. The van der Waals surface area contributed by atoms with Gasteiger partial charge in [0, 0.05) is 12.1 Å². The van der Waals surface area contributed by atoms with Gasteiger partial charge in [-0.05, 0) is 25.0 Å². The lowest BCUT2D eigenvalue weighted by Gasteiger charge is -2.06. The molecule has 6 nitrogen and oxygen atoms in total. The standard InChI is InChI=1S/C13H12F2N4O2S/c14-7-1-4-10(9(15)5-7)16-11(20)6-22-13-18-17-12(21)19(13)8-2-3-8/h1,4-5,8H,2-3,6H2,(H,16,20)(H,17,21). The molecule has 3 rings (SSSR count). The third-order valence-corrected chi connectivity index (χ3v) is 4.07. The van der Waals surface area contributed by atoms with Crippen molar-refractivity contribution in [2.45, 2.75) is 24.0 Å². The third-order valence-electron chi connectivity index (χ3n) is 3.12. The molecule has 0 bridgehead atoms. The number of halogens is 2. The average molecular weight is 326 g/mol. The van der Waals surface area contributed by atoms with Gasteiger partial charge in [-0.3, -0.25) is 9.36 Å². The Morgan fingerprint density at radius 3 is 2.91 bits per heavy atom. The molecular formula is C13H12F2N4O2S. The summed E-state index contributed by atoms with van der Waals surface area (Å²) < 4.78 is 27.7. The zero-order valence-electron chi connectivity index (χ0n) is 11.3. The topological polar surface area (TPSA) is 79.8 Å². The number of nitrogens with one attached hydrogen (secondary N) is 2. The summed E-state index contributed by atoms with van der Waals surface area (Å²) in [4.78, 5) is 23.4. The molecule has 0 aliphatic heterocycles. The number of rotatable bonds is 5. The number of carbonyl (C=O) groups is 1. The van der Waals surface area contributed by atoms with E-state index in [-0.39, 0.29) is 23.2 Å². The minimum Gasteiger partial charge on any atom is -0.323 e. The van der Waals surface area contributed by atoms with Gasteiger partial charge in [0.25, 0.3) is 0 Å². The molecule has 116 valence electrons. The lowest BCUT2D eigenvalue weighted by atomic mass is 10.3. The molecule has 0 saturated heterocycles. The minimum atomic E-state index is -0.840. The van der Waals surface area contributed by atoms with Crippen LogP contribution in [0.15, 0.2) is 28.2 Å². The van der Waals surface area contributed by atoms with Crippen LogP contribution in [0.4, 0.5) is 14.5 Å². The van der Waals surface area contributed by atoms with Gasteiger partial charge in [-0.1, -0.05) is 11.8 Å². The maximum absolute atomic E-state index is 13.4. The zero-order chi connectivity index (χ0) is 15.7. The highest BCUT2D eigenvalue weighted by Gasteiger charge is 2.28. The van der Waals surface area contributed by atoms with Crippen LogP contribution in [-0.4, -0.2) is 26.4 Å². The summed E-state index contributed by atoms with van der Waals surface area (Å²) >= 11 is 1.08. The second kappa shape index (κ2) is 5.91. The van der Waals surface area contributed by atoms with Gasteiger partial charge in [0.2, 0.25) is 5.91 Å². The number of H-pyrrole nitrogens is 1. The Hall–Kier alpha value is -2.16. The van der Waals surface area contributed by atoms with Crippen LogP contribution in [0.2, 0.25) is 0 Å². The van der Waals surface area contributed by atoms with E-state index in [0.717, 1.165) is 36.7 Å². The SMILES string of the molecule is O=C(CSc1n[nH]c(=O)n1C1CC1)Nc1ccc(F)cc1F. The highest BCUT2D eigenvalue weighted by Crippen LogP contribution is 2.35. The molecule has 0 radical (unpaired) electrons. The third kappa shape index (κ3) is 3.19. The number of thioether (sulfide) groups is 1. The predicted molar refractivity (Wildman–Crippen MR) is 76.8 cm³/mol. The van der Waals surface area contributed by atoms with Crippen LogP contribution in [0.3, 0.4) is 0 Å². The maximum atomic E-state index is 13.4.